The molecule has 4 aliphatic heterocycles. The number of alkyl halides is 27. The summed E-state index contributed by atoms with van der Waals surface area (Å²) in [7, 11) is -10.5. The molecule has 3 N–H and O–H groups in total. The van der Waals surface area contributed by atoms with Crippen molar-refractivity contribution in [1.82, 2.24) is 0 Å². The molecule has 0 aromatic heterocycles. The number of nitriles is 4. The first-order chi connectivity index (χ1) is 66.7. The number of aliphatic hydroxyl groups is 2. The predicted octanol–water partition coefficient (Wildman–Crippen LogP) is 24.6. The number of nitrogens with zero attached hydrogens (tertiary/aromatic N) is 6. The molecule has 6 unspecified atom stereocenters. The molecule has 4 aliphatic rings. The Balaban J connectivity index is 0.000000276. The van der Waals surface area contributed by atoms with E-state index in [-0.39, 0.29) is 65.3 Å². The topological polar surface area (TPSA) is 324 Å². The number of aliphatic hydroxyl groups excluding tert-OH is 2. The third-order valence-electron chi connectivity index (χ3n) is 20.1. The van der Waals surface area contributed by atoms with Crippen molar-refractivity contribution in [3.8, 4) is 74.9 Å². The molecule has 0 amide bonds. The molecule has 0 aliphatic carbocycles. The van der Waals surface area contributed by atoms with Gasteiger partial charge in [-0.25, -0.2) is 0 Å². The number of ether oxygens (including phenoxy) is 4. The number of hydrogen-bond donors (Lipinski definition) is 3. The van der Waals surface area contributed by atoms with Gasteiger partial charge in [-0.3, -0.25) is 0 Å². The molecule has 1 saturated heterocycles. The van der Waals surface area contributed by atoms with Gasteiger partial charge in [-0.1, -0.05) is 109 Å². The van der Waals surface area contributed by atoms with Crippen LogP contribution in [-0.4, -0.2) is 123 Å². The molecule has 0 spiro atoms. The van der Waals surface area contributed by atoms with Crippen LogP contribution < -0.4 is 32.9 Å². The number of halogens is 27. The molecular weight excluding hydrogens is 2330 g/mol. The van der Waals surface area contributed by atoms with E-state index in [4.69, 9.17) is 35.8 Å². The summed E-state index contributed by atoms with van der Waals surface area (Å²) in [6.07, 6.45) is -47.1. The Hall–Kier alpha value is -11.0. The maximum Gasteiger partial charge on any atom is 3.00 e. The van der Waals surface area contributed by atoms with Crippen molar-refractivity contribution < 1.29 is 232 Å². The van der Waals surface area contributed by atoms with Gasteiger partial charge in [0.15, 0.2) is 18.3 Å². The van der Waals surface area contributed by atoms with Crippen molar-refractivity contribution in [3.63, 3.8) is 0 Å². The first kappa shape index (κ1) is 123. The maximum absolute atomic E-state index is 13.3. The predicted molar refractivity (Wildman–Crippen MR) is 462 cm³/mol. The fourth-order valence-corrected chi connectivity index (χ4v) is 18.2. The minimum Gasteiger partial charge on any atom is 3.00 e. The van der Waals surface area contributed by atoms with Gasteiger partial charge in [-0.15, -0.1) is 79.0 Å². The third kappa shape index (κ3) is 42.0. The Morgan fingerprint density at radius 3 is 0.972 bits per heavy atom. The van der Waals surface area contributed by atoms with Gasteiger partial charge < -0.3 is 82.1 Å². The van der Waals surface area contributed by atoms with Crippen LogP contribution in [0.15, 0.2) is 224 Å². The summed E-state index contributed by atoms with van der Waals surface area (Å²) >= 11 is -1.93. The molecule has 22 nitrogen and oxygen atoms in total. The summed E-state index contributed by atoms with van der Waals surface area (Å²) in [6, 6.07) is 68.3. The van der Waals surface area contributed by atoms with Crippen molar-refractivity contribution in [2.45, 2.75) is 146 Å². The molecule has 1 radical (unpaired) electrons. The Labute approximate surface area is 855 Å². The molecule has 10 aromatic carbocycles. The Kier molecular flexibility index (Phi) is 44.9. The summed E-state index contributed by atoms with van der Waals surface area (Å²) in [5.41, 5.74) is 12.0. The smallest absolute Gasteiger partial charge is 3.00 e. The number of rotatable bonds is 17. The molecular formula is C91H73F27N7O15S3SnYb. The average molecular weight is 2410 g/mol. The minimum atomic E-state index is -5.09. The second-order valence-corrected chi connectivity index (χ2v) is 47.4. The molecule has 54 heteroatoms. The monoisotopic (exact) mass is 2410 g/mol. The van der Waals surface area contributed by atoms with Crippen molar-refractivity contribution >= 4 is 72.0 Å². The molecule has 145 heavy (non-hydrogen) atoms. The molecule has 1 fully saturated rings. The molecule has 10 aromatic rings. The summed E-state index contributed by atoms with van der Waals surface area (Å²) in [5.74, 6) is -1.06. The van der Waals surface area contributed by atoms with E-state index in [1.54, 1.807) is 115 Å². The number of β-amino-alcohol motifs (C(OH)–C–C–N with tert-alkyl or cyclic N) is 2. The maximum atomic E-state index is 13.3. The summed E-state index contributed by atoms with van der Waals surface area (Å²) in [4.78, 5) is 9.96. The largest absolute Gasteiger partial charge is 3.00 e. The van der Waals surface area contributed by atoms with E-state index in [2.05, 4.69) is 69.8 Å². The van der Waals surface area contributed by atoms with Crippen LogP contribution >= 0.6 is 0 Å². The van der Waals surface area contributed by atoms with Crippen LogP contribution in [0.5, 0.6) is 17.2 Å². The quantitative estimate of drug-likeness (QED) is 0.0330. The minimum absolute atomic E-state index is 0. The second-order valence-electron chi connectivity index (χ2n) is 31.1. The average Bonchev–Trinajstić information content (AvgIpc) is 1.26. The Morgan fingerprint density at radius 2 is 0.683 bits per heavy atom. The first-order valence-corrected chi connectivity index (χ1v) is 53.7. The number of epoxide rings is 1. The van der Waals surface area contributed by atoms with E-state index < -0.39 is 163 Å². The van der Waals surface area contributed by atoms with Crippen LogP contribution in [-0.2, 0) is 94.8 Å². The number of hydrogen-bond acceptors (Lipinski definition) is 25. The van der Waals surface area contributed by atoms with E-state index >= 15 is 0 Å². The number of anilines is 3. The van der Waals surface area contributed by atoms with Crippen molar-refractivity contribution in [1.29, 1.82) is 21.0 Å². The fraction of sp³-hybridized carbons (Fsp3) is 0.297. The van der Waals surface area contributed by atoms with Crippen molar-refractivity contribution in [3.05, 3.63) is 280 Å². The van der Waals surface area contributed by atoms with Gasteiger partial charge >= 0.3 is 182 Å². The van der Waals surface area contributed by atoms with Gasteiger partial charge in [0.25, 0.3) is 0 Å². The zero-order chi connectivity index (χ0) is 108. The van der Waals surface area contributed by atoms with Gasteiger partial charge in [-0.2, -0.15) is 55.3 Å². The fourth-order valence-electron chi connectivity index (χ4n) is 14.3. The summed E-state index contributed by atoms with van der Waals surface area (Å²) in [6.45, 7) is -1.65. The molecule has 14 rings (SSSR count). The SMILES string of the molecule is FC(F)(F)C1CO1.N#Cc1cccc(C2CCc3c(-c4cccc(OC(F)(F)F)c4)cccc3N2CC(O)C(F)(F)F)c1.N#Cc1cccc(C2CCc3c(-c4cccc(OC(F)(F)F)c4)cccc3N2CC(O)C(F)(F)F)c1.N#Cc1cccc(C2CCc3c(cccc3-c3cccc(OC(F)(F)F)c3)N2)c1.O=[S-](=O)OC(F)(F)F.O=[S-](=O)OC(F)(F)F.O=[S-](=O)OC(F)(F)F.[CH3][Sn]([CH3])([CH3])[c]1cccc(C#N)c1.[Yb+3]. The van der Waals surface area contributed by atoms with Gasteiger partial charge in [0, 0.05) is 17.1 Å². The Bertz CT molecular complexity index is 6140. The van der Waals surface area contributed by atoms with Crippen LogP contribution in [0, 0.1) is 92.2 Å². The number of fused-ring (bicyclic) bond motifs is 3. The van der Waals surface area contributed by atoms with Crippen molar-refractivity contribution in [2.24, 2.45) is 0 Å². The van der Waals surface area contributed by atoms with Crippen LogP contribution in [0.1, 0.15) is 93.0 Å². The first-order valence-electron chi connectivity index (χ1n) is 40.7. The van der Waals surface area contributed by atoms with E-state index in [1.165, 1.54) is 49.8 Å². The molecule has 0 saturated carbocycles. The number of benzene rings is 10. The zero-order valence-corrected chi connectivity index (χ0v) is 80.8. The number of nitrogens with one attached hydrogen (secondary N) is 1. The standard InChI is InChI=1S/2C26H20F6N2O2.C23H17F3N2O.C7H4N.C3H3F3O.3CF3O3S.3CH3.Sn.Yb/c2*27-25(28,29)24(35)15-34-22(18-6-1-4-16(12-18)14-33)11-10-21-20(8-3-9-23(21)34)17-5-2-7-19(13-17)36-26(30,31)32;24-23(25,26)29-18-7-2-5-16(13-18)19-8-3-9-22-20(19)10-11-21(28-22)17-6-1-4-15(12-17)14-27;8-6-7-4-2-1-3-5-7;4-3(5,6)2-1-7-2;3*2-1(3,4)7-8(5)6;;;;;/h2*1-9,12-13,22,24,35H,10-11,15H2;1-9,12-13,21,28H,10-11H2;1-2,4-5H;2H,1H2;;;;3*1H3;;/q;;;;;3*-1;;;;;+3. The molecule has 787 valence electrons. The van der Waals surface area contributed by atoms with Gasteiger partial charge in [0.1, 0.15) is 17.2 Å². The van der Waals surface area contributed by atoms with E-state index in [9.17, 15) is 139 Å². The second kappa shape index (κ2) is 53.1. The molecule has 6 atom stereocenters. The zero-order valence-electron chi connectivity index (χ0n) is 73.8. The van der Waals surface area contributed by atoms with Gasteiger partial charge in [0.05, 0.1) is 106 Å². The van der Waals surface area contributed by atoms with Crippen LogP contribution in [0.25, 0.3) is 33.4 Å². The normalized spacial score (nSPS) is 15.9. The van der Waals surface area contributed by atoms with Crippen LogP contribution in [0.3, 0.4) is 0 Å². The van der Waals surface area contributed by atoms with Gasteiger partial charge in [0.2, 0.25) is 0 Å². The van der Waals surface area contributed by atoms with E-state index in [1.807, 2.05) is 66.7 Å². The van der Waals surface area contributed by atoms with E-state index in [0.29, 0.717) is 104 Å². The van der Waals surface area contributed by atoms with E-state index in [0.717, 1.165) is 52.9 Å². The van der Waals surface area contributed by atoms with Crippen LogP contribution in [0.2, 0.25) is 14.8 Å². The van der Waals surface area contributed by atoms with Gasteiger partial charge in [-0.05, 0) is 196 Å². The Morgan fingerprint density at radius 1 is 0.386 bits per heavy atom. The summed E-state index contributed by atoms with van der Waals surface area (Å²) < 4.78 is 402. The molecule has 4 heterocycles. The molecule has 0 bridgehead atoms. The summed E-state index contributed by atoms with van der Waals surface area (Å²) in [5, 5.41) is 59.7. The van der Waals surface area contributed by atoms with Crippen molar-refractivity contribution in [2.75, 3.05) is 34.8 Å². The van der Waals surface area contributed by atoms with Crippen LogP contribution in [0.4, 0.5) is 136 Å². The third-order valence-corrected chi connectivity index (χ3v) is 26.9.